The topological polar surface area (TPSA) is 88.8 Å². The lowest BCUT2D eigenvalue weighted by Crippen LogP contribution is -2.14. The van der Waals surface area contributed by atoms with E-state index in [4.69, 9.17) is 16.9 Å². The lowest BCUT2D eigenvalue weighted by atomic mass is 10.2. The maximum atomic E-state index is 7.10. The van der Waals surface area contributed by atoms with E-state index in [-0.39, 0.29) is 5.84 Å². The first-order valence-corrected chi connectivity index (χ1v) is 3.19. The molecule has 0 aliphatic rings. The van der Waals surface area contributed by atoms with Gasteiger partial charge in [0.15, 0.2) is 0 Å². The van der Waals surface area contributed by atoms with Crippen molar-refractivity contribution in [2.24, 2.45) is 5.73 Å². The Balaban J connectivity index is 3.20. The van der Waals surface area contributed by atoms with Crippen molar-refractivity contribution in [2.45, 2.75) is 6.92 Å². The maximum absolute atomic E-state index is 7.10. The van der Waals surface area contributed by atoms with Crippen molar-refractivity contribution in [1.82, 2.24) is 4.98 Å². The first-order valence-electron chi connectivity index (χ1n) is 3.19. The molecular formula is C7H10N4. The zero-order chi connectivity index (χ0) is 8.43. The predicted molar refractivity (Wildman–Crippen MR) is 44.4 cm³/mol. The smallest absolute Gasteiger partial charge is 0.134 e. The van der Waals surface area contributed by atoms with Gasteiger partial charge in [0.05, 0.1) is 5.56 Å². The molecule has 0 unspecified atom stereocenters. The average molecular weight is 150 g/mol. The van der Waals surface area contributed by atoms with Crippen LogP contribution in [0.5, 0.6) is 0 Å². The standard InChI is InChI=1S/C7H10N4/c1-4-2-3-5(6(8)9)7(10)11-4/h2-3H,1H3,(H3,8,9)(H2,10,11). The van der Waals surface area contributed by atoms with E-state index in [2.05, 4.69) is 4.98 Å². The summed E-state index contributed by atoms with van der Waals surface area (Å²) in [5, 5.41) is 7.10. The second-order valence-corrected chi connectivity index (χ2v) is 2.30. The van der Waals surface area contributed by atoms with Crippen LogP contribution in [0.4, 0.5) is 5.82 Å². The first kappa shape index (κ1) is 7.53. The second-order valence-electron chi connectivity index (χ2n) is 2.30. The fraction of sp³-hybridized carbons (Fsp3) is 0.143. The van der Waals surface area contributed by atoms with Crippen molar-refractivity contribution in [3.05, 3.63) is 23.4 Å². The molecule has 1 rings (SSSR count). The zero-order valence-electron chi connectivity index (χ0n) is 6.26. The van der Waals surface area contributed by atoms with Crippen LogP contribution in [-0.4, -0.2) is 10.8 Å². The summed E-state index contributed by atoms with van der Waals surface area (Å²) in [5.41, 5.74) is 12.0. The van der Waals surface area contributed by atoms with Crippen molar-refractivity contribution in [1.29, 1.82) is 5.41 Å². The highest BCUT2D eigenvalue weighted by Gasteiger charge is 2.01. The van der Waals surface area contributed by atoms with E-state index in [1.54, 1.807) is 12.1 Å². The van der Waals surface area contributed by atoms with Gasteiger partial charge in [-0.3, -0.25) is 5.41 Å². The Hall–Kier alpha value is -1.58. The van der Waals surface area contributed by atoms with E-state index < -0.39 is 0 Å². The lowest BCUT2D eigenvalue weighted by molar-refractivity contribution is 1.20. The maximum Gasteiger partial charge on any atom is 0.134 e. The van der Waals surface area contributed by atoms with Gasteiger partial charge in [0.2, 0.25) is 0 Å². The van der Waals surface area contributed by atoms with Crippen LogP contribution in [0.1, 0.15) is 11.3 Å². The number of hydrogen-bond donors (Lipinski definition) is 3. The van der Waals surface area contributed by atoms with Crippen LogP contribution in [0, 0.1) is 12.3 Å². The van der Waals surface area contributed by atoms with Gasteiger partial charge in [0.1, 0.15) is 11.7 Å². The third-order valence-corrected chi connectivity index (χ3v) is 1.35. The summed E-state index contributed by atoms with van der Waals surface area (Å²) in [6.07, 6.45) is 0. The number of aryl methyl sites for hydroxylation is 1. The highest BCUT2D eigenvalue weighted by Crippen LogP contribution is 2.07. The number of aromatic nitrogens is 1. The molecule has 4 nitrogen and oxygen atoms in total. The number of nitrogen functional groups attached to an aromatic ring is 2. The summed E-state index contributed by atoms with van der Waals surface area (Å²) < 4.78 is 0. The van der Waals surface area contributed by atoms with Crippen molar-refractivity contribution in [2.75, 3.05) is 5.73 Å². The molecule has 0 atom stereocenters. The number of nitrogens with one attached hydrogen (secondary N) is 1. The fourth-order valence-electron chi connectivity index (χ4n) is 0.805. The first-order chi connectivity index (χ1) is 5.11. The lowest BCUT2D eigenvalue weighted by Gasteiger charge is -2.01. The van der Waals surface area contributed by atoms with E-state index >= 15 is 0 Å². The van der Waals surface area contributed by atoms with Crippen LogP contribution < -0.4 is 11.5 Å². The minimum absolute atomic E-state index is 0.0463. The second kappa shape index (κ2) is 2.57. The molecular weight excluding hydrogens is 140 g/mol. The molecule has 0 saturated heterocycles. The molecule has 0 bridgehead atoms. The van der Waals surface area contributed by atoms with Gasteiger partial charge in [-0.2, -0.15) is 0 Å². The molecule has 0 spiro atoms. The largest absolute Gasteiger partial charge is 0.384 e. The summed E-state index contributed by atoms with van der Waals surface area (Å²) in [5.74, 6) is 0.271. The third kappa shape index (κ3) is 1.46. The van der Waals surface area contributed by atoms with Crippen LogP contribution in [0.15, 0.2) is 12.1 Å². The molecule has 1 aromatic rings. The van der Waals surface area contributed by atoms with E-state index in [1.165, 1.54) is 0 Å². The molecule has 0 aliphatic heterocycles. The Morgan fingerprint density at radius 3 is 2.64 bits per heavy atom. The Kier molecular flexibility index (Phi) is 1.76. The van der Waals surface area contributed by atoms with Crippen LogP contribution in [0.25, 0.3) is 0 Å². The number of rotatable bonds is 1. The molecule has 0 aromatic carbocycles. The van der Waals surface area contributed by atoms with Gasteiger partial charge < -0.3 is 11.5 Å². The summed E-state index contributed by atoms with van der Waals surface area (Å²) in [7, 11) is 0. The molecule has 0 fully saturated rings. The summed E-state index contributed by atoms with van der Waals surface area (Å²) in [4.78, 5) is 3.95. The van der Waals surface area contributed by atoms with Crippen LogP contribution in [-0.2, 0) is 0 Å². The minimum Gasteiger partial charge on any atom is -0.384 e. The molecule has 1 aromatic heterocycles. The van der Waals surface area contributed by atoms with Crippen molar-refractivity contribution >= 4 is 11.7 Å². The molecule has 5 N–H and O–H groups in total. The number of amidine groups is 1. The van der Waals surface area contributed by atoms with Gasteiger partial charge in [0, 0.05) is 5.69 Å². The van der Waals surface area contributed by atoms with Gasteiger partial charge in [-0.1, -0.05) is 0 Å². The Morgan fingerprint density at radius 2 is 2.18 bits per heavy atom. The zero-order valence-corrected chi connectivity index (χ0v) is 6.26. The highest BCUT2D eigenvalue weighted by atomic mass is 14.9. The van der Waals surface area contributed by atoms with E-state index in [1.807, 2.05) is 6.92 Å². The van der Waals surface area contributed by atoms with Crippen LogP contribution in [0.3, 0.4) is 0 Å². The van der Waals surface area contributed by atoms with Crippen LogP contribution >= 0.6 is 0 Å². The molecule has 0 saturated carbocycles. The summed E-state index contributed by atoms with van der Waals surface area (Å²) in [6.45, 7) is 1.83. The number of pyridine rings is 1. The molecule has 0 radical (unpaired) electrons. The van der Waals surface area contributed by atoms with Gasteiger partial charge >= 0.3 is 0 Å². The highest BCUT2D eigenvalue weighted by molar-refractivity contribution is 5.98. The van der Waals surface area contributed by atoms with E-state index in [0.717, 1.165) is 5.69 Å². The van der Waals surface area contributed by atoms with Gasteiger partial charge in [-0.15, -0.1) is 0 Å². The van der Waals surface area contributed by atoms with Crippen molar-refractivity contribution in [3.8, 4) is 0 Å². The Labute approximate surface area is 64.7 Å². The average Bonchev–Trinajstić information content (AvgIpc) is 1.85. The minimum atomic E-state index is -0.0463. The number of nitrogens with zero attached hydrogens (tertiary/aromatic N) is 1. The van der Waals surface area contributed by atoms with Gasteiger partial charge in [-0.05, 0) is 19.1 Å². The third-order valence-electron chi connectivity index (χ3n) is 1.35. The van der Waals surface area contributed by atoms with Gasteiger partial charge in [0.25, 0.3) is 0 Å². The number of hydrogen-bond acceptors (Lipinski definition) is 3. The SMILES string of the molecule is Cc1ccc(C(=N)N)c(N)n1. The quantitative estimate of drug-likeness (QED) is 0.396. The van der Waals surface area contributed by atoms with Gasteiger partial charge in [-0.25, -0.2) is 4.98 Å². The van der Waals surface area contributed by atoms with Crippen LogP contribution in [0.2, 0.25) is 0 Å². The molecule has 4 heteroatoms. The number of anilines is 1. The fourth-order valence-corrected chi connectivity index (χ4v) is 0.805. The normalized spacial score (nSPS) is 9.55. The van der Waals surface area contributed by atoms with E-state index in [0.29, 0.717) is 11.4 Å². The Morgan fingerprint density at radius 1 is 1.55 bits per heavy atom. The summed E-state index contributed by atoms with van der Waals surface area (Å²) >= 11 is 0. The van der Waals surface area contributed by atoms with Crippen molar-refractivity contribution < 1.29 is 0 Å². The molecule has 0 aliphatic carbocycles. The molecule has 58 valence electrons. The van der Waals surface area contributed by atoms with E-state index in [9.17, 15) is 0 Å². The number of nitrogens with two attached hydrogens (primary N) is 2. The monoisotopic (exact) mass is 150 g/mol. The predicted octanol–water partition coefficient (Wildman–Crippen LogP) is 0.256. The summed E-state index contributed by atoms with van der Waals surface area (Å²) in [6, 6.07) is 3.47. The molecule has 11 heavy (non-hydrogen) atoms. The van der Waals surface area contributed by atoms with Crippen molar-refractivity contribution in [3.63, 3.8) is 0 Å². The molecule has 1 heterocycles. The Bertz CT molecular complexity index is 292. The molecule has 0 amide bonds.